The van der Waals surface area contributed by atoms with Gasteiger partial charge in [-0.25, -0.2) is 0 Å². The summed E-state index contributed by atoms with van der Waals surface area (Å²) in [5.41, 5.74) is 5.65. The molecule has 0 fully saturated rings. The highest BCUT2D eigenvalue weighted by Gasteiger charge is 2.16. The molecular weight excluding hydrogens is 318 g/mol. The molecule has 3 heteroatoms. The molecule has 1 aliphatic heterocycles. The zero-order valence-electron chi connectivity index (χ0n) is 17.4. The molecule has 152 valence electrons. The van der Waals surface area contributed by atoms with Crippen molar-refractivity contribution in [1.29, 1.82) is 0 Å². The second kappa shape index (κ2) is 17.5. The van der Waals surface area contributed by atoms with Gasteiger partial charge in [0.25, 0.3) is 0 Å². The monoisotopic (exact) mass is 363 g/mol. The molecular formula is C23H45N3. The molecule has 26 heavy (non-hydrogen) atoms. The van der Waals surface area contributed by atoms with Crippen molar-refractivity contribution in [2.45, 2.75) is 109 Å². The molecule has 0 spiro atoms. The van der Waals surface area contributed by atoms with E-state index in [-0.39, 0.29) is 0 Å². The van der Waals surface area contributed by atoms with Gasteiger partial charge in [0.05, 0.1) is 6.17 Å². The number of rotatable bonds is 18. The van der Waals surface area contributed by atoms with Crippen LogP contribution in [0.25, 0.3) is 0 Å². The first-order valence-corrected chi connectivity index (χ1v) is 11.4. The highest BCUT2D eigenvalue weighted by atomic mass is 15.3. The fourth-order valence-electron chi connectivity index (χ4n) is 3.66. The molecule has 0 aromatic rings. The molecule has 0 radical (unpaired) electrons. The van der Waals surface area contributed by atoms with E-state index in [4.69, 9.17) is 5.73 Å². The Labute approximate surface area is 163 Å². The Morgan fingerprint density at radius 1 is 0.846 bits per heavy atom. The van der Waals surface area contributed by atoms with Crippen LogP contribution in [0.1, 0.15) is 103 Å². The molecule has 0 amide bonds. The minimum atomic E-state index is 0.477. The van der Waals surface area contributed by atoms with Gasteiger partial charge in [0.2, 0.25) is 0 Å². The predicted octanol–water partition coefficient (Wildman–Crippen LogP) is 6.08. The lowest BCUT2D eigenvalue weighted by atomic mass is 10.1. The van der Waals surface area contributed by atoms with E-state index in [9.17, 15) is 0 Å². The number of nitrogens with zero attached hydrogens (tertiary/aromatic N) is 1. The van der Waals surface area contributed by atoms with Crippen LogP contribution in [0.4, 0.5) is 0 Å². The molecule has 0 aromatic heterocycles. The van der Waals surface area contributed by atoms with Gasteiger partial charge in [-0.1, -0.05) is 76.9 Å². The zero-order chi connectivity index (χ0) is 18.7. The average Bonchev–Trinajstić information content (AvgIpc) is 3.09. The van der Waals surface area contributed by atoms with Crippen LogP contribution in [0.15, 0.2) is 24.6 Å². The minimum absolute atomic E-state index is 0.477. The standard InChI is InChI=1S/C23H45N3/c1-2-3-4-5-6-7-8-9-10-11-12-13-14-15-16-17-18-23-25-20-22-26(23)21-19-24/h11-12,20,22-23,25H,2-10,13-19,21,24H2,1H3/b12-11+. The van der Waals surface area contributed by atoms with Gasteiger partial charge in [-0.05, 0) is 38.5 Å². The van der Waals surface area contributed by atoms with Crippen molar-refractivity contribution in [1.82, 2.24) is 10.2 Å². The van der Waals surface area contributed by atoms with Crippen molar-refractivity contribution in [2.24, 2.45) is 5.73 Å². The summed E-state index contributed by atoms with van der Waals surface area (Å²) in [5, 5.41) is 3.42. The largest absolute Gasteiger partial charge is 0.370 e. The van der Waals surface area contributed by atoms with Gasteiger partial charge in [-0.3, -0.25) is 0 Å². The Balaban J connectivity index is 1.79. The maximum atomic E-state index is 5.65. The van der Waals surface area contributed by atoms with Crippen LogP contribution in [-0.4, -0.2) is 24.2 Å². The molecule has 0 saturated heterocycles. The summed E-state index contributed by atoms with van der Waals surface area (Å²) < 4.78 is 0. The van der Waals surface area contributed by atoms with Crippen molar-refractivity contribution in [2.75, 3.05) is 13.1 Å². The molecule has 1 aliphatic rings. The molecule has 3 N–H and O–H groups in total. The van der Waals surface area contributed by atoms with Gasteiger partial charge in [0.15, 0.2) is 0 Å². The van der Waals surface area contributed by atoms with Crippen LogP contribution in [0.5, 0.6) is 0 Å². The molecule has 0 saturated carbocycles. The quantitative estimate of drug-likeness (QED) is 0.229. The lowest BCUT2D eigenvalue weighted by Gasteiger charge is -2.25. The van der Waals surface area contributed by atoms with Crippen LogP contribution < -0.4 is 11.1 Å². The second-order valence-electron chi connectivity index (χ2n) is 7.75. The fraction of sp³-hybridized carbons (Fsp3) is 0.826. The van der Waals surface area contributed by atoms with Gasteiger partial charge in [-0.2, -0.15) is 0 Å². The Morgan fingerprint density at radius 3 is 2.04 bits per heavy atom. The van der Waals surface area contributed by atoms with E-state index < -0.39 is 0 Å². The van der Waals surface area contributed by atoms with E-state index in [1.165, 1.54) is 96.3 Å². The first-order valence-electron chi connectivity index (χ1n) is 11.4. The fourth-order valence-corrected chi connectivity index (χ4v) is 3.66. The van der Waals surface area contributed by atoms with Crippen LogP contribution in [-0.2, 0) is 0 Å². The molecule has 0 aliphatic carbocycles. The number of allylic oxidation sites excluding steroid dienone is 2. The maximum Gasteiger partial charge on any atom is 0.0981 e. The summed E-state index contributed by atoms with van der Waals surface area (Å²) >= 11 is 0. The van der Waals surface area contributed by atoms with Crippen LogP contribution in [0.3, 0.4) is 0 Å². The van der Waals surface area contributed by atoms with Crippen molar-refractivity contribution in [3.05, 3.63) is 24.6 Å². The lowest BCUT2D eigenvalue weighted by Crippen LogP contribution is -2.37. The summed E-state index contributed by atoms with van der Waals surface area (Å²) in [7, 11) is 0. The molecule has 0 bridgehead atoms. The van der Waals surface area contributed by atoms with E-state index in [2.05, 4.69) is 41.7 Å². The topological polar surface area (TPSA) is 41.3 Å². The van der Waals surface area contributed by atoms with E-state index in [1.54, 1.807) is 0 Å². The van der Waals surface area contributed by atoms with Crippen molar-refractivity contribution in [3.8, 4) is 0 Å². The SMILES string of the molecule is CCCCCCCCCC/C=C/CCCCCCC1NC=CN1CCN. The van der Waals surface area contributed by atoms with E-state index in [1.807, 2.05) is 0 Å². The van der Waals surface area contributed by atoms with Crippen molar-refractivity contribution >= 4 is 0 Å². The smallest absolute Gasteiger partial charge is 0.0981 e. The third-order valence-electron chi connectivity index (χ3n) is 5.33. The number of nitrogens with one attached hydrogen (secondary N) is 1. The number of hydrogen-bond donors (Lipinski definition) is 2. The Bertz CT molecular complexity index is 351. The molecule has 0 aromatic carbocycles. The summed E-state index contributed by atoms with van der Waals surface area (Å²) in [6, 6.07) is 0. The molecule has 1 rings (SSSR count). The Kier molecular flexibility index (Phi) is 15.5. The summed E-state index contributed by atoms with van der Waals surface area (Å²) in [6.45, 7) is 3.97. The number of hydrogen-bond acceptors (Lipinski definition) is 3. The first-order chi connectivity index (χ1) is 12.9. The number of unbranched alkanes of at least 4 members (excludes halogenated alkanes) is 12. The summed E-state index contributed by atoms with van der Waals surface area (Å²) in [4.78, 5) is 2.33. The van der Waals surface area contributed by atoms with Crippen LogP contribution in [0, 0.1) is 0 Å². The Morgan fingerprint density at radius 2 is 1.42 bits per heavy atom. The van der Waals surface area contributed by atoms with Gasteiger partial charge in [0, 0.05) is 25.5 Å². The average molecular weight is 364 g/mol. The highest BCUT2D eigenvalue weighted by molar-refractivity contribution is 4.94. The maximum absolute atomic E-state index is 5.65. The minimum Gasteiger partial charge on any atom is -0.370 e. The third-order valence-corrected chi connectivity index (χ3v) is 5.33. The summed E-state index contributed by atoms with van der Waals surface area (Å²) in [5.74, 6) is 0. The lowest BCUT2D eigenvalue weighted by molar-refractivity contribution is 0.264. The van der Waals surface area contributed by atoms with Crippen molar-refractivity contribution in [3.63, 3.8) is 0 Å². The zero-order valence-corrected chi connectivity index (χ0v) is 17.4. The first kappa shape index (κ1) is 23.1. The van der Waals surface area contributed by atoms with E-state index in [0.29, 0.717) is 6.17 Å². The molecule has 3 nitrogen and oxygen atoms in total. The van der Waals surface area contributed by atoms with E-state index in [0.717, 1.165) is 13.1 Å². The second-order valence-corrected chi connectivity index (χ2v) is 7.75. The molecule has 1 atom stereocenters. The van der Waals surface area contributed by atoms with Gasteiger partial charge in [-0.15, -0.1) is 0 Å². The molecule has 1 unspecified atom stereocenters. The van der Waals surface area contributed by atoms with Gasteiger partial charge in [0.1, 0.15) is 0 Å². The van der Waals surface area contributed by atoms with Crippen LogP contribution >= 0.6 is 0 Å². The third kappa shape index (κ3) is 12.4. The normalized spacial score (nSPS) is 16.7. The summed E-state index contributed by atoms with van der Waals surface area (Å²) in [6.07, 6.45) is 30.0. The predicted molar refractivity (Wildman–Crippen MR) is 116 cm³/mol. The Hall–Kier alpha value is -0.960. The van der Waals surface area contributed by atoms with Gasteiger partial charge >= 0.3 is 0 Å². The highest BCUT2D eigenvalue weighted by Crippen LogP contribution is 2.14. The van der Waals surface area contributed by atoms with E-state index >= 15 is 0 Å². The van der Waals surface area contributed by atoms with Crippen molar-refractivity contribution < 1.29 is 0 Å². The number of nitrogens with two attached hydrogens (primary N) is 1. The molecule has 1 heterocycles. The van der Waals surface area contributed by atoms with Crippen LogP contribution in [0.2, 0.25) is 0 Å². The van der Waals surface area contributed by atoms with Gasteiger partial charge < -0.3 is 16.0 Å².